The Morgan fingerprint density at radius 3 is 1.76 bits per heavy atom. The van der Waals surface area contributed by atoms with Gasteiger partial charge in [-0.3, -0.25) is 0 Å². The third-order valence-electron chi connectivity index (χ3n) is 3.69. The number of hydrogen-bond donors (Lipinski definition) is 2. The zero-order valence-corrected chi connectivity index (χ0v) is 14.1. The molecule has 0 amide bonds. The molecule has 0 aromatic carbocycles. The lowest BCUT2D eigenvalue weighted by Crippen LogP contribution is -2.12. The minimum absolute atomic E-state index is 0.134. The quantitative estimate of drug-likeness (QED) is 0.338. The van der Waals surface area contributed by atoms with Gasteiger partial charge in [0.15, 0.2) is 6.29 Å². The van der Waals surface area contributed by atoms with Crippen LogP contribution < -0.4 is 0 Å². The van der Waals surface area contributed by atoms with Gasteiger partial charge in [0.25, 0.3) is 0 Å². The molecule has 0 heterocycles. The summed E-state index contributed by atoms with van der Waals surface area (Å²) in [7, 11) is 1.50. The van der Waals surface area contributed by atoms with Gasteiger partial charge in [0, 0.05) is 20.1 Å². The Hall–Kier alpha value is -0.160. The molecule has 21 heavy (non-hydrogen) atoms. The third kappa shape index (κ3) is 17.8. The first kappa shape index (κ1) is 20.8. The summed E-state index contributed by atoms with van der Waals surface area (Å²) in [5, 5.41) is 18.3. The summed E-state index contributed by atoms with van der Waals surface area (Å²) >= 11 is 0. The minimum atomic E-state index is -0.689. The first-order chi connectivity index (χ1) is 10.2. The van der Waals surface area contributed by atoms with E-state index in [-0.39, 0.29) is 6.10 Å². The Bertz CT molecular complexity index is 197. The highest BCUT2D eigenvalue weighted by atomic mass is 16.6. The molecule has 128 valence electrons. The highest BCUT2D eigenvalue weighted by molar-refractivity contribution is 4.50. The van der Waals surface area contributed by atoms with Crippen molar-refractivity contribution in [3.05, 3.63) is 0 Å². The van der Waals surface area contributed by atoms with Gasteiger partial charge in [-0.1, -0.05) is 51.4 Å². The van der Waals surface area contributed by atoms with Crippen LogP contribution >= 0.6 is 0 Å². The first-order valence-electron chi connectivity index (χ1n) is 8.63. The number of unbranched alkanes of at least 4 members (excludes halogenated alkanes) is 8. The van der Waals surface area contributed by atoms with Crippen LogP contribution in [0.3, 0.4) is 0 Å². The second-order valence-corrected chi connectivity index (χ2v) is 5.91. The van der Waals surface area contributed by atoms with Gasteiger partial charge in [-0.15, -0.1) is 0 Å². The Morgan fingerprint density at radius 1 is 0.714 bits per heavy atom. The van der Waals surface area contributed by atoms with Crippen molar-refractivity contribution in [3.63, 3.8) is 0 Å². The monoisotopic (exact) mass is 304 g/mol. The molecule has 0 aromatic heterocycles. The normalized spacial score (nSPS) is 14.3. The van der Waals surface area contributed by atoms with E-state index >= 15 is 0 Å². The summed E-state index contributed by atoms with van der Waals surface area (Å²) in [6.45, 7) is 3.22. The van der Waals surface area contributed by atoms with Crippen molar-refractivity contribution in [2.75, 3.05) is 20.3 Å². The summed E-state index contributed by atoms with van der Waals surface area (Å²) in [5.74, 6) is 0. The highest BCUT2D eigenvalue weighted by Crippen LogP contribution is 2.11. The van der Waals surface area contributed by atoms with Gasteiger partial charge in [0.2, 0.25) is 0 Å². The molecule has 0 saturated heterocycles. The SMILES string of the molecule is COC(O)CCOCCCCCCCCCCCC(C)O. The van der Waals surface area contributed by atoms with E-state index in [4.69, 9.17) is 19.7 Å². The van der Waals surface area contributed by atoms with Crippen molar-refractivity contribution in [2.45, 2.75) is 89.9 Å². The minimum Gasteiger partial charge on any atom is -0.393 e. The predicted octanol–water partition coefficient (Wildman–Crippen LogP) is 3.64. The Labute approximate surface area is 130 Å². The van der Waals surface area contributed by atoms with Gasteiger partial charge in [-0.25, -0.2) is 0 Å². The maximum atomic E-state index is 9.15. The zero-order chi connectivity index (χ0) is 15.8. The van der Waals surface area contributed by atoms with Crippen LogP contribution in [0.2, 0.25) is 0 Å². The molecule has 2 unspecified atom stereocenters. The lowest BCUT2D eigenvalue weighted by atomic mass is 10.1. The fourth-order valence-corrected chi connectivity index (χ4v) is 2.29. The van der Waals surface area contributed by atoms with E-state index in [1.807, 2.05) is 6.92 Å². The zero-order valence-electron chi connectivity index (χ0n) is 14.1. The number of hydrogen-bond acceptors (Lipinski definition) is 4. The summed E-state index contributed by atoms with van der Waals surface area (Å²) < 4.78 is 10.2. The summed E-state index contributed by atoms with van der Waals surface area (Å²) in [6.07, 6.45) is 12.0. The molecule has 0 spiro atoms. The van der Waals surface area contributed by atoms with Gasteiger partial charge < -0.3 is 19.7 Å². The van der Waals surface area contributed by atoms with Crippen molar-refractivity contribution in [1.82, 2.24) is 0 Å². The average Bonchev–Trinajstić information content (AvgIpc) is 2.46. The van der Waals surface area contributed by atoms with Crippen molar-refractivity contribution in [2.24, 2.45) is 0 Å². The molecule has 0 bridgehead atoms. The molecule has 0 aliphatic carbocycles. The molecule has 0 fully saturated rings. The Morgan fingerprint density at radius 2 is 1.24 bits per heavy atom. The molecule has 0 saturated carbocycles. The van der Waals surface area contributed by atoms with E-state index in [9.17, 15) is 0 Å². The number of aliphatic hydroxyl groups is 2. The standard InChI is InChI=1S/C17H36O4/c1-16(18)12-10-8-6-4-3-5-7-9-11-14-21-15-13-17(19)20-2/h16-19H,3-15H2,1-2H3. The second kappa shape index (κ2) is 16.2. The number of aliphatic hydroxyl groups excluding tert-OH is 2. The molecular formula is C17H36O4. The van der Waals surface area contributed by atoms with E-state index in [2.05, 4.69) is 0 Å². The molecule has 0 rings (SSSR count). The third-order valence-corrected chi connectivity index (χ3v) is 3.69. The predicted molar refractivity (Wildman–Crippen MR) is 86.3 cm³/mol. The second-order valence-electron chi connectivity index (χ2n) is 5.91. The van der Waals surface area contributed by atoms with E-state index < -0.39 is 6.29 Å². The van der Waals surface area contributed by atoms with Crippen LogP contribution in [-0.2, 0) is 9.47 Å². The number of ether oxygens (including phenoxy) is 2. The Kier molecular flexibility index (Phi) is 16.1. The van der Waals surface area contributed by atoms with E-state index in [0.717, 1.165) is 25.9 Å². The van der Waals surface area contributed by atoms with Gasteiger partial charge in [0.05, 0.1) is 12.7 Å². The molecule has 0 aliphatic heterocycles. The molecule has 2 atom stereocenters. The van der Waals surface area contributed by atoms with E-state index in [1.165, 1.54) is 52.1 Å². The maximum absolute atomic E-state index is 9.15. The van der Waals surface area contributed by atoms with Crippen LogP contribution in [0, 0.1) is 0 Å². The first-order valence-corrected chi connectivity index (χ1v) is 8.63. The van der Waals surface area contributed by atoms with Crippen LogP contribution in [-0.4, -0.2) is 42.9 Å². The van der Waals surface area contributed by atoms with Gasteiger partial charge >= 0.3 is 0 Å². The van der Waals surface area contributed by atoms with Crippen LogP contribution in [0.15, 0.2) is 0 Å². The smallest absolute Gasteiger partial charge is 0.156 e. The fraction of sp³-hybridized carbons (Fsp3) is 1.00. The highest BCUT2D eigenvalue weighted by Gasteiger charge is 2.00. The topological polar surface area (TPSA) is 58.9 Å². The van der Waals surface area contributed by atoms with Crippen molar-refractivity contribution in [3.8, 4) is 0 Å². The van der Waals surface area contributed by atoms with Crippen LogP contribution in [0.25, 0.3) is 0 Å². The van der Waals surface area contributed by atoms with Crippen LogP contribution in [0.1, 0.15) is 77.6 Å². The van der Waals surface area contributed by atoms with Crippen LogP contribution in [0.4, 0.5) is 0 Å². The van der Waals surface area contributed by atoms with Crippen LogP contribution in [0.5, 0.6) is 0 Å². The lowest BCUT2D eigenvalue weighted by Gasteiger charge is -2.08. The largest absolute Gasteiger partial charge is 0.393 e. The van der Waals surface area contributed by atoms with Crippen molar-refractivity contribution >= 4 is 0 Å². The summed E-state index contributed by atoms with van der Waals surface area (Å²) in [5.41, 5.74) is 0. The van der Waals surface area contributed by atoms with Gasteiger partial charge in [-0.2, -0.15) is 0 Å². The van der Waals surface area contributed by atoms with E-state index in [0.29, 0.717) is 13.0 Å². The summed E-state index contributed by atoms with van der Waals surface area (Å²) in [6, 6.07) is 0. The summed E-state index contributed by atoms with van der Waals surface area (Å²) in [4.78, 5) is 0. The van der Waals surface area contributed by atoms with Gasteiger partial charge in [-0.05, 0) is 19.8 Å². The fourth-order valence-electron chi connectivity index (χ4n) is 2.29. The van der Waals surface area contributed by atoms with E-state index in [1.54, 1.807) is 0 Å². The maximum Gasteiger partial charge on any atom is 0.156 e. The molecule has 4 heteroatoms. The molecular weight excluding hydrogens is 268 g/mol. The average molecular weight is 304 g/mol. The lowest BCUT2D eigenvalue weighted by molar-refractivity contribution is -0.0901. The van der Waals surface area contributed by atoms with Gasteiger partial charge in [0.1, 0.15) is 0 Å². The number of methoxy groups -OCH3 is 1. The molecule has 2 N–H and O–H groups in total. The van der Waals surface area contributed by atoms with Crippen molar-refractivity contribution in [1.29, 1.82) is 0 Å². The molecule has 0 radical (unpaired) electrons. The number of rotatable bonds is 16. The molecule has 0 aliphatic rings. The Balaban J connectivity index is 2.99. The molecule has 0 aromatic rings. The van der Waals surface area contributed by atoms with Crippen molar-refractivity contribution < 1.29 is 19.7 Å². The molecule has 4 nitrogen and oxygen atoms in total.